The highest BCUT2D eigenvalue weighted by Crippen LogP contribution is 2.44. The molecule has 2 aromatic carbocycles. The number of nitrogens with zero attached hydrogens (tertiary/aromatic N) is 5. The summed E-state index contributed by atoms with van der Waals surface area (Å²) in [5, 5.41) is 9.73. The van der Waals surface area contributed by atoms with E-state index in [1.165, 1.54) is 17.0 Å². The fourth-order valence-electron chi connectivity index (χ4n) is 5.95. The smallest absolute Gasteiger partial charge is 0.290 e. The van der Waals surface area contributed by atoms with Gasteiger partial charge in [-0.1, -0.05) is 0 Å². The van der Waals surface area contributed by atoms with Gasteiger partial charge in [-0.05, 0) is 80.3 Å². The molecule has 1 fully saturated rings. The van der Waals surface area contributed by atoms with Crippen molar-refractivity contribution in [2.24, 2.45) is 5.73 Å². The first-order valence-corrected chi connectivity index (χ1v) is 13.3. The van der Waals surface area contributed by atoms with Crippen molar-refractivity contribution in [3.8, 4) is 45.5 Å². The molecule has 9 nitrogen and oxygen atoms in total. The van der Waals surface area contributed by atoms with Gasteiger partial charge in [0.2, 0.25) is 5.91 Å². The predicted octanol–water partition coefficient (Wildman–Crippen LogP) is 4.33. The Kier molecular flexibility index (Phi) is 6.30. The molecule has 0 unspecified atom stereocenters. The lowest BCUT2D eigenvalue weighted by Gasteiger charge is -2.32. The molecule has 41 heavy (non-hydrogen) atoms. The fourth-order valence-corrected chi connectivity index (χ4v) is 5.95. The second-order valence-corrected chi connectivity index (χ2v) is 10.5. The molecule has 206 valence electrons. The van der Waals surface area contributed by atoms with Crippen LogP contribution in [0, 0.1) is 17.1 Å². The topological polar surface area (TPSA) is 127 Å². The van der Waals surface area contributed by atoms with Gasteiger partial charge in [-0.2, -0.15) is 5.26 Å². The molecule has 2 aliphatic heterocycles. The third-order valence-electron chi connectivity index (χ3n) is 8.18. The van der Waals surface area contributed by atoms with Crippen LogP contribution in [0.15, 0.2) is 54.7 Å². The van der Waals surface area contributed by atoms with E-state index in [2.05, 4.69) is 11.1 Å². The maximum absolute atomic E-state index is 14.0. The van der Waals surface area contributed by atoms with Gasteiger partial charge in [-0.25, -0.2) is 14.4 Å². The van der Waals surface area contributed by atoms with Crippen LogP contribution >= 0.6 is 0 Å². The van der Waals surface area contributed by atoms with E-state index < -0.39 is 11.4 Å². The third-order valence-corrected chi connectivity index (χ3v) is 8.18. The van der Waals surface area contributed by atoms with E-state index in [4.69, 9.17) is 15.5 Å². The number of rotatable bonds is 5. The Bertz CT molecular complexity index is 1760. The first-order chi connectivity index (χ1) is 19.8. The summed E-state index contributed by atoms with van der Waals surface area (Å²) < 4.78 is 21.5. The van der Waals surface area contributed by atoms with Gasteiger partial charge in [0, 0.05) is 41.5 Å². The monoisotopic (exact) mass is 550 g/mol. The molecule has 0 saturated carbocycles. The number of nitriles is 1. The van der Waals surface area contributed by atoms with E-state index >= 15 is 0 Å². The van der Waals surface area contributed by atoms with Gasteiger partial charge in [0.05, 0.1) is 18.5 Å². The number of pyridine rings is 1. The van der Waals surface area contributed by atoms with Gasteiger partial charge >= 0.3 is 0 Å². The first kappa shape index (κ1) is 26.2. The zero-order chi connectivity index (χ0) is 28.9. The zero-order valence-electron chi connectivity index (χ0n) is 22.6. The van der Waals surface area contributed by atoms with Crippen molar-refractivity contribution in [1.29, 1.82) is 5.26 Å². The Morgan fingerprint density at radius 2 is 1.90 bits per heavy atom. The van der Waals surface area contributed by atoms with Crippen LogP contribution in [0.3, 0.4) is 0 Å². The summed E-state index contributed by atoms with van der Waals surface area (Å²) >= 11 is 0. The number of hydrogen-bond donors (Lipinski definition) is 1. The molecule has 4 aromatic rings. The average molecular weight is 551 g/mol. The van der Waals surface area contributed by atoms with Gasteiger partial charge in [0.1, 0.15) is 28.9 Å². The van der Waals surface area contributed by atoms with Crippen LogP contribution in [-0.2, 0) is 17.8 Å². The highest BCUT2D eigenvalue weighted by atomic mass is 19.1. The molecule has 2 aliphatic rings. The Labute approximate surface area is 236 Å². The third kappa shape index (κ3) is 4.12. The molecule has 0 aliphatic carbocycles. The second kappa shape index (κ2) is 9.86. The maximum atomic E-state index is 14.0. The van der Waals surface area contributed by atoms with E-state index in [1.807, 2.05) is 22.8 Å². The highest BCUT2D eigenvalue weighted by molar-refractivity contribution is 5.99. The highest BCUT2D eigenvalue weighted by Gasteiger charge is 2.46. The summed E-state index contributed by atoms with van der Waals surface area (Å²) in [6.07, 6.45) is 3.28. The van der Waals surface area contributed by atoms with E-state index in [0.717, 1.165) is 11.1 Å². The number of benzene rings is 2. The van der Waals surface area contributed by atoms with Crippen molar-refractivity contribution < 1.29 is 18.7 Å². The predicted molar refractivity (Wildman–Crippen MR) is 149 cm³/mol. The standard InChI is InChI=1S/C31H27FN6O3/c1-31(30(34)40)11-4-13-38(31)29(39)28-36-26(18-6-8-20(32)9-7-18)27-22-16-23(21-5-3-12-35-24(21)17-33)25(41-2)15-19(22)10-14-37(27)28/h3,5-9,12,15-16H,4,10-11,13-14H2,1-2H3,(H2,34,40)/t31-/m1/s1. The summed E-state index contributed by atoms with van der Waals surface area (Å²) in [5.74, 6) is -0.541. The van der Waals surface area contributed by atoms with Crippen molar-refractivity contribution >= 4 is 11.8 Å². The van der Waals surface area contributed by atoms with Gasteiger partial charge in [-0.3, -0.25) is 9.59 Å². The van der Waals surface area contributed by atoms with Crippen LogP contribution in [0.5, 0.6) is 5.75 Å². The Balaban J connectivity index is 1.59. The molecule has 2 N–H and O–H groups in total. The molecule has 1 saturated heterocycles. The van der Waals surface area contributed by atoms with Crippen LogP contribution in [0.4, 0.5) is 4.39 Å². The SMILES string of the molecule is COc1cc2c(cc1-c1cccnc1C#N)-c1c(-c3ccc(F)cc3)nc(C(=O)N3CCC[C@]3(C)C(N)=O)n1CC2. The number of primary amides is 1. The number of imidazole rings is 1. The van der Waals surface area contributed by atoms with Crippen molar-refractivity contribution in [3.05, 3.63) is 77.6 Å². The molecule has 0 bridgehead atoms. The summed E-state index contributed by atoms with van der Waals surface area (Å²) in [7, 11) is 1.58. The number of carbonyl (C=O) groups is 2. The molecule has 2 amide bonds. The molecular formula is C31H27FN6O3. The number of fused-ring (bicyclic) bond motifs is 3. The number of halogens is 1. The zero-order valence-corrected chi connectivity index (χ0v) is 22.6. The first-order valence-electron chi connectivity index (χ1n) is 13.3. The minimum absolute atomic E-state index is 0.191. The summed E-state index contributed by atoms with van der Waals surface area (Å²) in [4.78, 5) is 37.0. The number of likely N-dealkylation sites (tertiary alicyclic amines) is 1. The van der Waals surface area contributed by atoms with Gasteiger partial charge in [-0.15, -0.1) is 0 Å². The number of hydrogen-bond acceptors (Lipinski definition) is 6. The van der Waals surface area contributed by atoms with E-state index in [-0.39, 0.29) is 23.2 Å². The van der Waals surface area contributed by atoms with Crippen molar-refractivity contribution in [1.82, 2.24) is 19.4 Å². The number of aromatic nitrogens is 3. The van der Waals surface area contributed by atoms with E-state index in [9.17, 15) is 19.2 Å². The Hall–Kier alpha value is -5.04. The Morgan fingerprint density at radius 1 is 1.12 bits per heavy atom. The van der Waals surface area contributed by atoms with Crippen LogP contribution < -0.4 is 10.5 Å². The molecule has 4 heterocycles. The number of ether oxygens (including phenoxy) is 1. The molecule has 0 radical (unpaired) electrons. The van der Waals surface area contributed by atoms with Crippen LogP contribution in [0.25, 0.3) is 33.6 Å². The maximum Gasteiger partial charge on any atom is 0.290 e. The van der Waals surface area contributed by atoms with Gasteiger partial charge < -0.3 is 19.9 Å². The average Bonchev–Trinajstić information content (AvgIpc) is 3.58. The number of amides is 2. The van der Waals surface area contributed by atoms with Crippen molar-refractivity contribution in [2.75, 3.05) is 13.7 Å². The number of nitrogens with two attached hydrogens (primary N) is 1. The van der Waals surface area contributed by atoms with Crippen molar-refractivity contribution in [3.63, 3.8) is 0 Å². The quantitative estimate of drug-likeness (QED) is 0.394. The second-order valence-electron chi connectivity index (χ2n) is 10.5. The molecule has 10 heteroatoms. The van der Waals surface area contributed by atoms with E-state index in [1.54, 1.807) is 38.4 Å². The molecule has 1 atom stereocenters. The molecular weight excluding hydrogens is 523 g/mol. The number of methoxy groups -OCH3 is 1. The number of aryl methyl sites for hydroxylation is 1. The minimum atomic E-state index is -1.11. The molecule has 2 aromatic heterocycles. The summed E-state index contributed by atoms with van der Waals surface area (Å²) in [5.41, 5.74) is 9.79. The van der Waals surface area contributed by atoms with Gasteiger partial charge in [0.15, 0.2) is 5.82 Å². The lowest BCUT2D eigenvalue weighted by Crippen LogP contribution is -2.54. The molecule has 6 rings (SSSR count). The van der Waals surface area contributed by atoms with Crippen molar-refractivity contribution in [2.45, 2.75) is 38.3 Å². The summed E-state index contributed by atoms with van der Waals surface area (Å²) in [6, 6.07) is 15.5. The van der Waals surface area contributed by atoms with Crippen LogP contribution in [-0.4, -0.2) is 50.4 Å². The lowest BCUT2D eigenvalue weighted by molar-refractivity contribution is -0.126. The number of carbonyl (C=O) groups excluding carboxylic acids is 2. The van der Waals surface area contributed by atoms with Crippen LogP contribution in [0.1, 0.15) is 41.6 Å². The van der Waals surface area contributed by atoms with Crippen LogP contribution in [0.2, 0.25) is 0 Å². The largest absolute Gasteiger partial charge is 0.496 e. The normalized spacial score (nSPS) is 17.5. The Morgan fingerprint density at radius 3 is 2.61 bits per heavy atom. The fraction of sp³-hybridized carbons (Fsp3) is 0.258. The molecule has 0 spiro atoms. The van der Waals surface area contributed by atoms with E-state index in [0.29, 0.717) is 66.2 Å². The summed E-state index contributed by atoms with van der Waals surface area (Å²) in [6.45, 7) is 2.54. The minimum Gasteiger partial charge on any atom is -0.496 e. The van der Waals surface area contributed by atoms with Gasteiger partial charge in [0.25, 0.3) is 5.91 Å². The lowest BCUT2D eigenvalue weighted by atomic mass is 9.90.